The number of hydrogen-bond donors (Lipinski definition) is 3. The number of benzene rings is 1. The zero-order valence-electron chi connectivity index (χ0n) is 27.8. The van der Waals surface area contributed by atoms with E-state index >= 15 is 0 Å². The van der Waals surface area contributed by atoms with Crippen molar-refractivity contribution in [1.29, 1.82) is 0 Å². The van der Waals surface area contributed by atoms with Crippen molar-refractivity contribution in [3.8, 4) is 5.75 Å². The Morgan fingerprint density at radius 3 is 1.70 bits per heavy atom. The third-order valence-corrected chi connectivity index (χ3v) is 7.06. The number of hydrogen-bond acceptors (Lipinski definition) is 4. The summed E-state index contributed by atoms with van der Waals surface area (Å²) < 4.78 is 5.77. The third-order valence-electron chi connectivity index (χ3n) is 6.81. The minimum atomic E-state index is -1.15. The fraction of sp³-hybridized carbons (Fsp3) is 0.447. The predicted octanol–water partition coefficient (Wildman–Crippen LogP) is 8.69. The lowest BCUT2D eigenvalue weighted by Gasteiger charge is -2.25. The molecule has 0 aliphatic heterocycles. The van der Waals surface area contributed by atoms with Crippen LogP contribution in [0.5, 0.6) is 5.75 Å². The van der Waals surface area contributed by atoms with Crippen LogP contribution in [0.15, 0.2) is 97.2 Å². The van der Waals surface area contributed by atoms with Crippen LogP contribution in [0.4, 0.5) is 0 Å². The van der Waals surface area contributed by atoms with Crippen molar-refractivity contribution < 1.29 is 24.2 Å². The maximum atomic E-state index is 12.6. The topological polar surface area (TPSA) is 105 Å². The van der Waals surface area contributed by atoms with E-state index in [-0.39, 0.29) is 37.7 Å². The van der Waals surface area contributed by atoms with Crippen molar-refractivity contribution >= 4 is 29.4 Å². The molecule has 0 saturated carbocycles. The molecule has 1 aromatic carbocycles. The molecule has 252 valence electrons. The van der Waals surface area contributed by atoms with Gasteiger partial charge in [-0.25, -0.2) is 0 Å². The number of nitrogens with one attached hydrogen (secondary N) is 2. The molecule has 1 unspecified atom stereocenters. The van der Waals surface area contributed by atoms with E-state index < -0.39 is 17.5 Å². The first-order valence-corrected chi connectivity index (χ1v) is 16.7. The van der Waals surface area contributed by atoms with Gasteiger partial charge in [0, 0.05) is 24.5 Å². The summed E-state index contributed by atoms with van der Waals surface area (Å²) >= 11 is 5.89. The van der Waals surface area contributed by atoms with Crippen molar-refractivity contribution in [1.82, 2.24) is 10.6 Å². The minimum absolute atomic E-state index is 0.113. The number of halogens is 1. The highest BCUT2D eigenvalue weighted by Gasteiger charge is 2.30. The van der Waals surface area contributed by atoms with Crippen LogP contribution >= 0.6 is 11.6 Å². The molecule has 8 heteroatoms. The Bertz CT molecular complexity index is 1200. The smallest absolute Gasteiger partial charge is 0.306 e. The van der Waals surface area contributed by atoms with Gasteiger partial charge in [-0.2, -0.15) is 0 Å². The van der Waals surface area contributed by atoms with E-state index in [0.29, 0.717) is 23.6 Å². The number of aliphatic carboxylic acids is 1. The molecule has 0 bridgehead atoms. The fourth-order valence-corrected chi connectivity index (χ4v) is 4.26. The Morgan fingerprint density at radius 2 is 1.22 bits per heavy atom. The van der Waals surface area contributed by atoms with Gasteiger partial charge in [-0.3, -0.25) is 14.4 Å². The number of amides is 2. The van der Waals surface area contributed by atoms with Crippen LogP contribution in [0.3, 0.4) is 0 Å². The summed E-state index contributed by atoms with van der Waals surface area (Å²) in [7, 11) is 0. The molecule has 3 N–H and O–H groups in total. The van der Waals surface area contributed by atoms with Crippen molar-refractivity contribution in [2.24, 2.45) is 5.92 Å². The summed E-state index contributed by atoms with van der Waals surface area (Å²) in [5.74, 6) is -1.61. The van der Waals surface area contributed by atoms with Crippen molar-refractivity contribution in [3.63, 3.8) is 0 Å². The Morgan fingerprint density at radius 1 is 0.761 bits per heavy atom. The molecule has 1 rings (SSSR count). The third kappa shape index (κ3) is 21.0. The normalized spacial score (nSPS) is 13.1. The van der Waals surface area contributed by atoms with Crippen LogP contribution < -0.4 is 15.4 Å². The first kappa shape index (κ1) is 40.2. The lowest BCUT2D eigenvalue weighted by Crippen LogP contribution is -2.47. The highest BCUT2D eigenvalue weighted by Crippen LogP contribution is 2.21. The first-order valence-electron chi connectivity index (χ1n) is 16.3. The van der Waals surface area contributed by atoms with Crippen LogP contribution in [0.2, 0.25) is 5.02 Å². The molecule has 0 aliphatic rings. The number of carboxylic acids is 1. The van der Waals surface area contributed by atoms with Crippen LogP contribution in [0.25, 0.3) is 0 Å². The molecule has 0 saturated heterocycles. The molecule has 0 aromatic heterocycles. The van der Waals surface area contributed by atoms with Crippen LogP contribution in [0, 0.1) is 5.92 Å². The molecule has 0 spiro atoms. The number of rotatable bonds is 24. The van der Waals surface area contributed by atoms with Gasteiger partial charge in [0.15, 0.2) is 5.60 Å². The second kappa shape index (κ2) is 25.4. The van der Waals surface area contributed by atoms with Gasteiger partial charge in [-0.05, 0) is 95.9 Å². The first-order chi connectivity index (χ1) is 22.2. The van der Waals surface area contributed by atoms with Gasteiger partial charge in [0.25, 0.3) is 5.91 Å². The SMILES string of the molecule is CCC=CCC=CCC=CCC=CCC=CCC=CCCC(=O)NCCC(CCNC(=O)C(C)(C)Oc1ccc(Cl)cc1)C(=O)O. The summed E-state index contributed by atoms with van der Waals surface area (Å²) in [4.78, 5) is 36.5. The molecule has 1 aromatic rings. The van der Waals surface area contributed by atoms with Gasteiger partial charge in [0.1, 0.15) is 5.75 Å². The van der Waals surface area contributed by atoms with Crippen LogP contribution in [-0.4, -0.2) is 41.6 Å². The number of allylic oxidation sites excluding steroid dienone is 12. The van der Waals surface area contributed by atoms with Gasteiger partial charge in [0.2, 0.25) is 5.91 Å². The van der Waals surface area contributed by atoms with Crippen LogP contribution in [-0.2, 0) is 14.4 Å². The average molecular weight is 653 g/mol. The average Bonchev–Trinajstić information content (AvgIpc) is 3.02. The van der Waals surface area contributed by atoms with E-state index in [1.165, 1.54) is 0 Å². The molecule has 7 nitrogen and oxygen atoms in total. The van der Waals surface area contributed by atoms with E-state index in [1.54, 1.807) is 38.1 Å². The fourth-order valence-electron chi connectivity index (χ4n) is 4.14. The zero-order chi connectivity index (χ0) is 33.9. The molecular weight excluding hydrogens is 600 g/mol. The summed E-state index contributed by atoms with van der Waals surface area (Å²) in [6.45, 7) is 5.86. The van der Waals surface area contributed by atoms with Crippen molar-refractivity contribution in [2.45, 2.75) is 90.6 Å². The molecule has 0 fully saturated rings. The maximum Gasteiger partial charge on any atom is 0.306 e. The van der Waals surface area contributed by atoms with Crippen molar-refractivity contribution in [3.05, 3.63) is 102 Å². The quantitative estimate of drug-likeness (QED) is 0.0969. The lowest BCUT2D eigenvalue weighted by atomic mass is 10.0. The molecule has 0 heterocycles. The predicted molar refractivity (Wildman–Crippen MR) is 190 cm³/mol. The van der Waals surface area contributed by atoms with Crippen LogP contribution in [0.1, 0.15) is 85.0 Å². The van der Waals surface area contributed by atoms with E-state index in [4.69, 9.17) is 16.3 Å². The molecular formula is C38H53ClN2O5. The second-order valence-corrected chi connectivity index (χ2v) is 11.7. The number of carboxylic acid groups (broad SMARTS) is 1. The van der Waals surface area contributed by atoms with Gasteiger partial charge >= 0.3 is 5.97 Å². The van der Waals surface area contributed by atoms with E-state index in [9.17, 15) is 19.5 Å². The van der Waals surface area contributed by atoms with Crippen molar-refractivity contribution in [2.75, 3.05) is 13.1 Å². The highest BCUT2D eigenvalue weighted by atomic mass is 35.5. The molecule has 2 amide bonds. The molecule has 46 heavy (non-hydrogen) atoms. The summed E-state index contributed by atoms with van der Waals surface area (Å²) in [6, 6.07) is 6.70. The lowest BCUT2D eigenvalue weighted by molar-refractivity contribution is -0.142. The zero-order valence-corrected chi connectivity index (χ0v) is 28.5. The largest absolute Gasteiger partial charge is 0.481 e. The Labute approximate surface area is 281 Å². The van der Waals surface area contributed by atoms with Gasteiger partial charge in [0.05, 0.1) is 5.92 Å². The second-order valence-electron chi connectivity index (χ2n) is 11.2. The Kier molecular flexibility index (Phi) is 22.2. The summed E-state index contributed by atoms with van der Waals surface area (Å²) in [5, 5.41) is 15.7. The monoisotopic (exact) mass is 652 g/mol. The number of carbonyl (C=O) groups excluding carboxylic acids is 2. The van der Waals surface area contributed by atoms with Gasteiger partial charge in [-0.1, -0.05) is 91.4 Å². The summed E-state index contributed by atoms with van der Waals surface area (Å²) in [6.07, 6.45) is 32.9. The van der Waals surface area contributed by atoms with Gasteiger partial charge < -0.3 is 20.5 Å². The standard InChI is InChI=1S/C38H53ClN2O5/c1-4-5-6-7-8-9-10-11-12-13-14-15-16-17-18-19-20-21-22-23-35(42)40-30-28-32(36(43)44)29-31-41-37(45)38(2,3)46-34-26-24-33(39)25-27-34/h5-6,8-9,11-12,14-15,17-18,20-21,24-27,32H,4,7,10,13,16,19,22-23,28-31H2,1-3H3,(H,40,42)(H,41,45)(H,43,44). The number of carbonyl (C=O) groups is 3. The van der Waals surface area contributed by atoms with E-state index in [1.807, 2.05) is 12.2 Å². The molecule has 0 aliphatic carbocycles. The number of ether oxygens (including phenoxy) is 1. The Balaban J connectivity index is 2.16. The summed E-state index contributed by atoms with van der Waals surface area (Å²) in [5.41, 5.74) is -1.15. The minimum Gasteiger partial charge on any atom is -0.481 e. The van der Waals surface area contributed by atoms with E-state index in [2.05, 4.69) is 78.3 Å². The highest BCUT2D eigenvalue weighted by molar-refractivity contribution is 6.30. The Hall–Kier alpha value is -3.84. The van der Waals surface area contributed by atoms with E-state index in [0.717, 1.165) is 38.5 Å². The van der Waals surface area contributed by atoms with Gasteiger partial charge in [-0.15, -0.1) is 0 Å². The maximum absolute atomic E-state index is 12.6. The molecule has 0 radical (unpaired) electrons. The molecule has 1 atom stereocenters.